The van der Waals surface area contributed by atoms with Gasteiger partial charge in [-0.1, -0.05) is 55.8 Å². The fourth-order valence-corrected chi connectivity index (χ4v) is 2.46. The SMILES string of the molecule is CCCCN(CC(N)=O)C(=O)Cc1ccc2ccccc2c1. The average Bonchev–Trinajstić information content (AvgIpc) is 2.51. The highest BCUT2D eigenvalue weighted by Gasteiger charge is 2.15. The van der Waals surface area contributed by atoms with Gasteiger partial charge in [0.1, 0.15) is 0 Å². The molecule has 2 aromatic rings. The molecule has 2 amide bonds. The third-order valence-electron chi connectivity index (χ3n) is 3.65. The second-order valence-corrected chi connectivity index (χ2v) is 5.49. The van der Waals surface area contributed by atoms with Crippen LogP contribution in [0.3, 0.4) is 0 Å². The van der Waals surface area contributed by atoms with Gasteiger partial charge < -0.3 is 10.6 Å². The lowest BCUT2D eigenvalue weighted by Gasteiger charge is -2.21. The Morgan fingerprint density at radius 1 is 1.09 bits per heavy atom. The van der Waals surface area contributed by atoms with Crippen LogP contribution >= 0.6 is 0 Å². The van der Waals surface area contributed by atoms with Crippen LogP contribution in [0.5, 0.6) is 0 Å². The average molecular weight is 298 g/mol. The molecule has 4 heteroatoms. The van der Waals surface area contributed by atoms with Gasteiger partial charge in [-0.25, -0.2) is 0 Å². The molecule has 116 valence electrons. The number of carbonyl (C=O) groups is 2. The predicted molar refractivity (Wildman–Crippen MR) is 88.3 cm³/mol. The molecule has 2 aromatic carbocycles. The number of rotatable bonds is 7. The molecule has 0 atom stereocenters. The maximum Gasteiger partial charge on any atom is 0.237 e. The Bertz CT molecular complexity index is 667. The number of nitrogens with zero attached hydrogens (tertiary/aromatic N) is 1. The molecule has 2 N–H and O–H groups in total. The number of unbranched alkanes of at least 4 members (excludes halogenated alkanes) is 1. The third-order valence-corrected chi connectivity index (χ3v) is 3.65. The molecule has 0 heterocycles. The van der Waals surface area contributed by atoms with Gasteiger partial charge in [-0.2, -0.15) is 0 Å². The molecular formula is C18H22N2O2. The topological polar surface area (TPSA) is 63.4 Å². The number of primary amides is 1. The third kappa shape index (κ3) is 4.32. The van der Waals surface area contributed by atoms with Crippen molar-refractivity contribution in [1.82, 2.24) is 4.90 Å². The van der Waals surface area contributed by atoms with E-state index in [1.54, 1.807) is 4.90 Å². The standard InChI is InChI=1S/C18H22N2O2/c1-2-3-10-20(13-17(19)21)18(22)12-14-8-9-15-6-4-5-7-16(15)11-14/h4-9,11H,2-3,10,12-13H2,1H3,(H2,19,21). The quantitative estimate of drug-likeness (QED) is 0.853. The first-order valence-electron chi connectivity index (χ1n) is 7.64. The van der Waals surface area contributed by atoms with E-state index < -0.39 is 5.91 Å². The van der Waals surface area contributed by atoms with Crippen LogP contribution in [0, 0.1) is 0 Å². The Hall–Kier alpha value is -2.36. The summed E-state index contributed by atoms with van der Waals surface area (Å²) < 4.78 is 0. The van der Waals surface area contributed by atoms with Crippen molar-refractivity contribution < 1.29 is 9.59 Å². The molecule has 0 radical (unpaired) electrons. The van der Waals surface area contributed by atoms with Crippen molar-refractivity contribution in [3.8, 4) is 0 Å². The van der Waals surface area contributed by atoms with E-state index in [-0.39, 0.29) is 12.5 Å². The Kier molecular flexibility index (Phi) is 5.53. The second-order valence-electron chi connectivity index (χ2n) is 5.49. The van der Waals surface area contributed by atoms with E-state index in [0.29, 0.717) is 13.0 Å². The largest absolute Gasteiger partial charge is 0.368 e. The van der Waals surface area contributed by atoms with Crippen LogP contribution in [0.25, 0.3) is 10.8 Å². The molecule has 0 aliphatic rings. The van der Waals surface area contributed by atoms with Crippen LogP contribution in [0.4, 0.5) is 0 Å². The lowest BCUT2D eigenvalue weighted by molar-refractivity contribution is -0.134. The highest BCUT2D eigenvalue weighted by atomic mass is 16.2. The normalized spacial score (nSPS) is 10.6. The lowest BCUT2D eigenvalue weighted by atomic mass is 10.0. The summed E-state index contributed by atoms with van der Waals surface area (Å²) >= 11 is 0. The van der Waals surface area contributed by atoms with Gasteiger partial charge in [-0.05, 0) is 22.8 Å². The first kappa shape index (κ1) is 16.0. The molecule has 0 aliphatic heterocycles. The summed E-state index contributed by atoms with van der Waals surface area (Å²) in [6.07, 6.45) is 2.14. The minimum absolute atomic E-state index is 0.00753. The van der Waals surface area contributed by atoms with E-state index >= 15 is 0 Å². The minimum Gasteiger partial charge on any atom is -0.368 e. The number of fused-ring (bicyclic) bond motifs is 1. The maximum absolute atomic E-state index is 12.4. The van der Waals surface area contributed by atoms with Gasteiger partial charge in [-0.15, -0.1) is 0 Å². The van der Waals surface area contributed by atoms with Gasteiger partial charge >= 0.3 is 0 Å². The molecule has 22 heavy (non-hydrogen) atoms. The van der Waals surface area contributed by atoms with Crippen molar-refractivity contribution in [2.75, 3.05) is 13.1 Å². The predicted octanol–water partition coefficient (Wildman–Crippen LogP) is 2.50. The first-order valence-corrected chi connectivity index (χ1v) is 7.64. The zero-order chi connectivity index (χ0) is 15.9. The molecule has 0 unspecified atom stereocenters. The van der Waals surface area contributed by atoms with Gasteiger partial charge in [0.25, 0.3) is 0 Å². The van der Waals surface area contributed by atoms with Gasteiger partial charge in [0.05, 0.1) is 13.0 Å². The van der Waals surface area contributed by atoms with Crippen molar-refractivity contribution in [2.45, 2.75) is 26.2 Å². The van der Waals surface area contributed by atoms with Gasteiger partial charge in [0.2, 0.25) is 11.8 Å². The van der Waals surface area contributed by atoms with Gasteiger partial charge in [0, 0.05) is 6.54 Å². The molecule has 2 rings (SSSR count). The lowest BCUT2D eigenvalue weighted by Crippen LogP contribution is -2.39. The molecule has 0 aliphatic carbocycles. The summed E-state index contributed by atoms with van der Waals surface area (Å²) in [4.78, 5) is 25.1. The van der Waals surface area contributed by atoms with E-state index in [2.05, 4.69) is 6.92 Å². The first-order chi connectivity index (χ1) is 10.6. The molecule has 0 saturated carbocycles. The fraction of sp³-hybridized carbons (Fsp3) is 0.333. The minimum atomic E-state index is -0.469. The summed E-state index contributed by atoms with van der Waals surface area (Å²) in [5.41, 5.74) is 6.19. The summed E-state index contributed by atoms with van der Waals surface area (Å²) in [5, 5.41) is 2.27. The molecule has 0 fully saturated rings. The van der Waals surface area contributed by atoms with Crippen LogP contribution < -0.4 is 5.73 Å². The number of nitrogens with two attached hydrogens (primary N) is 1. The number of benzene rings is 2. The number of carbonyl (C=O) groups excluding carboxylic acids is 2. The number of amides is 2. The highest BCUT2D eigenvalue weighted by Crippen LogP contribution is 2.16. The van der Waals surface area contributed by atoms with Crippen molar-refractivity contribution in [1.29, 1.82) is 0 Å². The molecular weight excluding hydrogens is 276 g/mol. The Labute approximate surface area is 130 Å². The number of hydrogen-bond acceptors (Lipinski definition) is 2. The summed E-state index contributed by atoms with van der Waals surface area (Å²) in [6.45, 7) is 2.62. The molecule has 0 spiro atoms. The van der Waals surface area contributed by atoms with Gasteiger partial charge in [-0.3, -0.25) is 9.59 Å². The smallest absolute Gasteiger partial charge is 0.237 e. The van der Waals surface area contributed by atoms with Crippen molar-refractivity contribution in [3.63, 3.8) is 0 Å². The van der Waals surface area contributed by atoms with Crippen LogP contribution in [0.15, 0.2) is 42.5 Å². The fourth-order valence-electron chi connectivity index (χ4n) is 2.46. The van der Waals surface area contributed by atoms with E-state index in [9.17, 15) is 9.59 Å². The van der Waals surface area contributed by atoms with E-state index in [4.69, 9.17) is 5.73 Å². The molecule has 0 bridgehead atoms. The maximum atomic E-state index is 12.4. The zero-order valence-electron chi connectivity index (χ0n) is 12.9. The second kappa shape index (κ2) is 7.59. The summed E-state index contributed by atoms with van der Waals surface area (Å²) in [7, 11) is 0. The molecule has 0 saturated heterocycles. The van der Waals surface area contributed by atoms with Crippen LogP contribution in [-0.4, -0.2) is 29.8 Å². The number of hydrogen-bond donors (Lipinski definition) is 1. The van der Waals surface area contributed by atoms with E-state index in [1.165, 1.54) is 0 Å². The van der Waals surface area contributed by atoms with E-state index in [1.807, 2.05) is 42.5 Å². The molecule has 0 aromatic heterocycles. The summed E-state index contributed by atoms with van der Waals surface area (Å²) in [5.74, 6) is -0.523. The van der Waals surface area contributed by atoms with Crippen molar-refractivity contribution >= 4 is 22.6 Å². The summed E-state index contributed by atoms with van der Waals surface area (Å²) in [6, 6.07) is 14.0. The van der Waals surface area contributed by atoms with Crippen molar-refractivity contribution in [3.05, 3.63) is 48.0 Å². The Morgan fingerprint density at radius 2 is 1.82 bits per heavy atom. The van der Waals surface area contributed by atoms with E-state index in [0.717, 1.165) is 29.2 Å². The Balaban J connectivity index is 2.10. The van der Waals surface area contributed by atoms with Crippen LogP contribution in [0.2, 0.25) is 0 Å². The van der Waals surface area contributed by atoms with Crippen LogP contribution in [-0.2, 0) is 16.0 Å². The zero-order valence-corrected chi connectivity index (χ0v) is 12.9. The van der Waals surface area contributed by atoms with Crippen molar-refractivity contribution in [2.24, 2.45) is 5.73 Å². The Morgan fingerprint density at radius 3 is 2.50 bits per heavy atom. The van der Waals surface area contributed by atoms with Gasteiger partial charge in [0.15, 0.2) is 0 Å². The monoisotopic (exact) mass is 298 g/mol. The highest BCUT2D eigenvalue weighted by molar-refractivity contribution is 5.87. The van der Waals surface area contributed by atoms with Crippen LogP contribution in [0.1, 0.15) is 25.3 Å². The molecule has 4 nitrogen and oxygen atoms in total.